The van der Waals surface area contributed by atoms with Crippen LogP contribution in [-0.2, 0) is 0 Å². The van der Waals surface area contributed by atoms with Crippen molar-refractivity contribution in [3.05, 3.63) is 252 Å². The molecule has 0 aliphatic carbocycles. The molecule has 0 atom stereocenters. The van der Waals surface area contributed by atoms with Crippen molar-refractivity contribution in [1.82, 2.24) is 0 Å². The van der Waals surface area contributed by atoms with Crippen LogP contribution in [0.5, 0.6) is 0 Å². The maximum absolute atomic E-state index is 2.39. The van der Waals surface area contributed by atoms with Gasteiger partial charge in [0.2, 0.25) is 0 Å². The van der Waals surface area contributed by atoms with E-state index in [0.29, 0.717) is 0 Å². The monoisotopic (exact) mass is 686 g/mol. The van der Waals surface area contributed by atoms with Crippen molar-refractivity contribution in [2.75, 3.05) is 0 Å². The molecule has 0 unspecified atom stereocenters. The third-order valence-electron chi connectivity index (χ3n) is 10.3. The normalized spacial score (nSPS) is 11.0. The molecule has 0 N–H and O–H groups in total. The number of benzene rings is 9. The van der Waals surface area contributed by atoms with E-state index in [1.807, 2.05) is 0 Å². The number of rotatable bonds is 8. The summed E-state index contributed by atoms with van der Waals surface area (Å²) in [5, 5.41) is 4.93. The first kappa shape index (κ1) is 32.9. The van der Waals surface area contributed by atoms with E-state index >= 15 is 0 Å². The van der Waals surface area contributed by atoms with E-state index in [2.05, 4.69) is 231 Å². The summed E-state index contributed by atoms with van der Waals surface area (Å²) in [4.78, 5) is 0. The van der Waals surface area contributed by atoms with Gasteiger partial charge in [-0.05, 0) is 113 Å². The molecular weight excluding hydrogens is 649 g/mol. The Hall–Kier alpha value is -7.02. The van der Waals surface area contributed by atoms with Crippen LogP contribution in [0.15, 0.2) is 218 Å². The second kappa shape index (κ2) is 14.9. The highest BCUT2D eigenvalue weighted by atomic mass is 14.2. The van der Waals surface area contributed by atoms with Crippen LogP contribution in [0.25, 0.3) is 67.1 Å². The highest BCUT2D eigenvalue weighted by molar-refractivity contribution is 6.12. The van der Waals surface area contributed by atoms with Gasteiger partial charge in [0.05, 0.1) is 0 Å². The molecule has 0 radical (unpaired) electrons. The molecule has 9 aromatic rings. The molecule has 9 aromatic carbocycles. The predicted molar refractivity (Wildman–Crippen MR) is 232 cm³/mol. The second-order valence-electron chi connectivity index (χ2n) is 13.7. The fraction of sp³-hybridized carbons (Fsp3) is 0. The maximum atomic E-state index is 2.39. The third kappa shape index (κ3) is 6.58. The van der Waals surface area contributed by atoms with Crippen LogP contribution in [0.4, 0.5) is 0 Å². The van der Waals surface area contributed by atoms with E-state index in [1.54, 1.807) is 0 Å². The van der Waals surface area contributed by atoms with E-state index in [0.717, 1.165) is 0 Å². The molecule has 0 nitrogen and oxygen atoms in total. The van der Waals surface area contributed by atoms with E-state index in [9.17, 15) is 0 Å². The van der Waals surface area contributed by atoms with Crippen molar-refractivity contribution in [2.45, 2.75) is 0 Å². The molecule has 0 saturated heterocycles. The second-order valence-corrected chi connectivity index (χ2v) is 13.7. The number of hydrogen-bond acceptors (Lipinski definition) is 0. The van der Waals surface area contributed by atoms with Crippen LogP contribution < -0.4 is 0 Å². The number of hydrogen-bond donors (Lipinski definition) is 0. The molecule has 0 aliphatic heterocycles. The van der Waals surface area contributed by atoms with Gasteiger partial charge in [0.1, 0.15) is 0 Å². The van der Waals surface area contributed by atoms with Gasteiger partial charge in [0, 0.05) is 0 Å². The smallest absolute Gasteiger partial charge is 0.00204 e. The molecule has 0 aliphatic rings. The maximum Gasteiger partial charge on any atom is -0.00204 e. The van der Waals surface area contributed by atoms with Crippen molar-refractivity contribution in [1.29, 1.82) is 0 Å². The molecule has 9 rings (SSSR count). The minimum atomic E-state index is 1.17. The number of fused-ring (bicyclic) bond motifs is 2. The standard InChI is InChI=1S/C54H38/c1-5-19-39(20-6-1)51(40-21-7-2-8-22-40)37-45-29-15-17-31-48(45)50-34-33-47-35-43-27-13-14-28-44(43)36-53(47)54(50)49-32-18-16-30-46(49)38-52(41-23-9-3-10-24-41)42-25-11-4-12-26-42/h1-38H. The predicted octanol–water partition coefficient (Wildman–Crippen LogP) is 14.5. The van der Waals surface area contributed by atoms with Crippen LogP contribution >= 0.6 is 0 Å². The van der Waals surface area contributed by atoms with Crippen molar-refractivity contribution in [2.24, 2.45) is 0 Å². The Morgan fingerprint density at radius 1 is 0.278 bits per heavy atom. The molecule has 0 amide bonds. The highest BCUT2D eigenvalue weighted by Gasteiger charge is 2.18. The van der Waals surface area contributed by atoms with Crippen LogP contribution in [0.2, 0.25) is 0 Å². The van der Waals surface area contributed by atoms with Gasteiger partial charge in [-0.15, -0.1) is 0 Å². The lowest BCUT2D eigenvalue weighted by Crippen LogP contribution is -1.95. The van der Waals surface area contributed by atoms with Crippen molar-refractivity contribution < 1.29 is 0 Å². The van der Waals surface area contributed by atoms with Crippen LogP contribution in [0, 0.1) is 0 Å². The van der Waals surface area contributed by atoms with Gasteiger partial charge in [0.15, 0.2) is 0 Å². The summed E-state index contributed by atoms with van der Waals surface area (Å²) in [7, 11) is 0. The third-order valence-corrected chi connectivity index (χ3v) is 10.3. The summed E-state index contributed by atoms with van der Waals surface area (Å²) in [5.41, 5.74) is 14.3. The molecule has 0 saturated carbocycles. The SMILES string of the molecule is C(=C(c1ccccc1)c1ccccc1)c1ccccc1-c1ccc2cc3ccccc3cc2c1-c1ccccc1C=C(c1ccccc1)c1ccccc1. The van der Waals surface area contributed by atoms with E-state index in [-0.39, 0.29) is 0 Å². The molecular formula is C54H38. The Bertz CT molecular complexity index is 2690. The molecule has 0 heteroatoms. The van der Waals surface area contributed by atoms with E-state index in [1.165, 1.54) is 88.3 Å². The Kier molecular flexibility index (Phi) is 9.07. The summed E-state index contributed by atoms with van der Waals surface area (Å²) in [5.74, 6) is 0. The summed E-state index contributed by atoms with van der Waals surface area (Å²) in [6.45, 7) is 0. The molecule has 0 aromatic heterocycles. The summed E-state index contributed by atoms with van der Waals surface area (Å²) < 4.78 is 0. The average molecular weight is 687 g/mol. The van der Waals surface area contributed by atoms with Crippen LogP contribution in [-0.4, -0.2) is 0 Å². The summed E-state index contributed by atoms with van der Waals surface area (Å²) >= 11 is 0. The zero-order valence-electron chi connectivity index (χ0n) is 29.9. The van der Waals surface area contributed by atoms with Gasteiger partial charge in [-0.25, -0.2) is 0 Å². The first-order valence-electron chi connectivity index (χ1n) is 18.6. The first-order valence-corrected chi connectivity index (χ1v) is 18.6. The molecule has 54 heavy (non-hydrogen) atoms. The fourth-order valence-corrected chi connectivity index (χ4v) is 7.70. The Morgan fingerprint density at radius 3 is 1.17 bits per heavy atom. The molecule has 0 spiro atoms. The summed E-state index contributed by atoms with van der Waals surface area (Å²) in [6.07, 6.45) is 4.74. The average Bonchev–Trinajstić information content (AvgIpc) is 3.25. The zero-order chi connectivity index (χ0) is 36.1. The van der Waals surface area contributed by atoms with E-state index < -0.39 is 0 Å². The highest BCUT2D eigenvalue weighted by Crippen LogP contribution is 2.44. The lowest BCUT2D eigenvalue weighted by molar-refractivity contribution is 1.54. The molecule has 254 valence electrons. The van der Waals surface area contributed by atoms with Crippen LogP contribution in [0.3, 0.4) is 0 Å². The van der Waals surface area contributed by atoms with Crippen molar-refractivity contribution >= 4 is 44.8 Å². The zero-order valence-corrected chi connectivity index (χ0v) is 29.9. The Labute approximate surface area is 317 Å². The quantitative estimate of drug-likeness (QED) is 0.110. The lowest BCUT2D eigenvalue weighted by atomic mass is 9.84. The lowest BCUT2D eigenvalue weighted by Gasteiger charge is -2.19. The van der Waals surface area contributed by atoms with Gasteiger partial charge >= 0.3 is 0 Å². The first-order chi connectivity index (χ1) is 26.8. The van der Waals surface area contributed by atoms with Crippen molar-refractivity contribution in [3.63, 3.8) is 0 Å². The van der Waals surface area contributed by atoms with Gasteiger partial charge in [-0.3, -0.25) is 0 Å². The topological polar surface area (TPSA) is 0 Å². The van der Waals surface area contributed by atoms with Crippen molar-refractivity contribution in [3.8, 4) is 22.3 Å². The Morgan fingerprint density at radius 2 is 0.667 bits per heavy atom. The van der Waals surface area contributed by atoms with Gasteiger partial charge in [0.25, 0.3) is 0 Å². The van der Waals surface area contributed by atoms with Gasteiger partial charge in [-0.2, -0.15) is 0 Å². The Balaban J connectivity index is 1.33. The minimum Gasteiger partial charge on any atom is -0.0622 e. The minimum absolute atomic E-state index is 1.17. The molecule has 0 heterocycles. The van der Waals surface area contributed by atoms with Gasteiger partial charge in [-0.1, -0.05) is 206 Å². The molecule has 0 bridgehead atoms. The van der Waals surface area contributed by atoms with Crippen LogP contribution in [0.1, 0.15) is 33.4 Å². The fourth-order valence-electron chi connectivity index (χ4n) is 7.70. The molecule has 0 fully saturated rings. The van der Waals surface area contributed by atoms with E-state index in [4.69, 9.17) is 0 Å². The summed E-state index contributed by atoms with van der Waals surface area (Å²) in [6, 6.07) is 78.7. The largest absolute Gasteiger partial charge is 0.0622 e. The van der Waals surface area contributed by atoms with Gasteiger partial charge < -0.3 is 0 Å².